The van der Waals surface area contributed by atoms with Crippen molar-refractivity contribution < 1.29 is 9.53 Å². The Morgan fingerprint density at radius 1 is 1.31 bits per heavy atom. The molecule has 0 spiro atoms. The van der Waals surface area contributed by atoms with Gasteiger partial charge in [0.05, 0.1) is 18.2 Å². The minimum absolute atomic E-state index is 0.0766. The van der Waals surface area contributed by atoms with Gasteiger partial charge in [-0.2, -0.15) is 0 Å². The maximum atomic E-state index is 12.2. The highest BCUT2D eigenvalue weighted by atomic mass is 16.5. The fourth-order valence-corrected chi connectivity index (χ4v) is 2.36. The van der Waals surface area contributed by atoms with Crippen LogP contribution in [-0.2, 0) is 9.53 Å². The van der Waals surface area contributed by atoms with Crippen molar-refractivity contribution in [2.45, 2.75) is 51.9 Å². The highest BCUT2D eigenvalue weighted by Crippen LogP contribution is 2.28. The molecule has 0 aliphatic carbocycles. The molecule has 2 unspecified atom stereocenters. The van der Waals surface area contributed by atoms with Gasteiger partial charge in [0.25, 0.3) is 0 Å². The monoisotopic (exact) mass is 226 g/mol. The predicted molar refractivity (Wildman–Crippen MR) is 61.9 cm³/mol. The van der Waals surface area contributed by atoms with Crippen LogP contribution in [0.1, 0.15) is 33.6 Å². The number of carbonyl (C=O) groups excluding carboxylic acids is 1. The van der Waals surface area contributed by atoms with E-state index in [2.05, 4.69) is 0 Å². The number of nitrogens with two attached hydrogens (primary N) is 1. The number of nitrogens with zero attached hydrogens (tertiary/aromatic N) is 1. The number of carbonyl (C=O) groups is 1. The summed E-state index contributed by atoms with van der Waals surface area (Å²) in [6.45, 7) is 7.46. The molecule has 2 saturated heterocycles. The highest BCUT2D eigenvalue weighted by molar-refractivity contribution is 5.82. The molecule has 2 heterocycles. The molecule has 1 amide bonds. The maximum absolute atomic E-state index is 12.2. The lowest BCUT2D eigenvalue weighted by molar-refractivity contribution is -0.143. The van der Waals surface area contributed by atoms with Crippen molar-refractivity contribution in [1.82, 2.24) is 4.90 Å². The third kappa shape index (κ3) is 2.23. The number of hydrogen-bond acceptors (Lipinski definition) is 3. The van der Waals surface area contributed by atoms with Crippen LogP contribution in [0.15, 0.2) is 0 Å². The van der Waals surface area contributed by atoms with Crippen LogP contribution in [0.3, 0.4) is 0 Å². The average Bonchev–Trinajstić information content (AvgIpc) is 2.54. The van der Waals surface area contributed by atoms with Crippen LogP contribution < -0.4 is 5.73 Å². The second-order valence-electron chi connectivity index (χ2n) is 6.04. The fraction of sp³-hybridized carbons (Fsp3) is 0.917. The first-order valence-corrected chi connectivity index (χ1v) is 6.08. The minimum Gasteiger partial charge on any atom is -0.371 e. The Balaban J connectivity index is 2.00. The topological polar surface area (TPSA) is 55.6 Å². The van der Waals surface area contributed by atoms with E-state index in [4.69, 9.17) is 10.5 Å². The van der Waals surface area contributed by atoms with E-state index in [1.54, 1.807) is 0 Å². The predicted octanol–water partition coefficient (Wildman–Crippen LogP) is 0.750. The van der Waals surface area contributed by atoms with Crippen molar-refractivity contribution in [3.8, 4) is 0 Å². The van der Waals surface area contributed by atoms with Gasteiger partial charge in [-0.05, 0) is 18.3 Å². The Bertz CT molecular complexity index is 273. The smallest absolute Gasteiger partial charge is 0.240 e. The van der Waals surface area contributed by atoms with Crippen LogP contribution >= 0.6 is 0 Å². The Morgan fingerprint density at radius 2 is 1.81 bits per heavy atom. The van der Waals surface area contributed by atoms with Gasteiger partial charge in [0.15, 0.2) is 0 Å². The maximum Gasteiger partial charge on any atom is 0.240 e. The Hall–Kier alpha value is -0.610. The van der Waals surface area contributed by atoms with Gasteiger partial charge in [-0.25, -0.2) is 0 Å². The van der Waals surface area contributed by atoms with Gasteiger partial charge in [0.2, 0.25) is 5.91 Å². The Morgan fingerprint density at radius 3 is 2.25 bits per heavy atom. The summed E-state index contributed by atoms with van der Waals surface area (Å²) in [6.07, 6.45) is 2.66. The van der Waals surface area contributed by atoms with E-state index in [0.717, 1.165) is 25.9 Å². The molecule has 4 nitrogen and oxygen atoms in total. The van der Waals surface area contributed by atoms with Crippen LogP contribution in [0.25, 0.3) is 0 Å². The summed E-state index contributed by atoms with van der Waals surface area (Å²) in [5.41, 5.74) is 5.83. The van der Waals surface area contributed by atoms with E-state index in [1.165, 1.54) is 0 Å². The summed E-state index contributed by atoms with van der Waals surface area (Å²) in [7, 11) is 0. The van der Waals surface area contributed by atoms with Gasteiger partial charge in [0, 0.05) is 13.1 Å². The Kier molecular flexibility index (Phi) is 2.97. The lowest BCUT2D eigenvalue weighted by atomic mass is 9.86. The zero-order chi connectivity index (χ0) is 11.9. The second kappa shape index (κ2) is 4.00. The lowest BCUT2D eigenvalue weighted by Gasteiger charge is -2.36. The van der Waals surface area contributed by atoms with Gasteiger partial charge in [-0.3, -0.25) is 4.79 Å². The van der Waals surface area contributed by atoms with Gasteiger partial charge < -0.3 is 15.4 Å². The largest absolute Gasteiger partial charge is 0.371 e. The van der Waals surface area contributed by atoms with Crippen LogP contribution in [-0.4, -0.2) is 42.1 Å². The first kappa shape index (κ1) is 11.9. The Labute approximate surface area is 97.1 Å². The average molecular weight is 226 g/mol. The van der Waals surface area contributed by atoms with Crippen molar-refractivity contribution in [2.75, 3.05) is 13.1 Å². The summed E-state index contributed by atoms with van der Waals surface area (Å²) in [5.74, 6) is 0.0766. The van der Waals surface area contributed by atoms with Gasteiger partial charge in [-0.1, -0.05) is 20.8 Å². The number of ether oxygens (including phenoxy) is 1. The van der Waals surface area contributed by atoms with E-state index >= 15 is 0 Å². The third-order valence-corrected chi connectivity index (χ3v) is 3.55. The van der Waals surface area contributed by atoms with E-state index in [9.17, 15) is 4.79 Å². The third-order valence-electron chi connectivity index (χ3n) is 3.55. The minimum atomic E-state index is -0.412. The molecule has 0 saturated carbocycles. The zero-order valence-corrected chi connectivity index (χ0v) is 10.4. The number of morpholine rings is 1. The first-order valence-electron chi connectivity index (χ1n) is 6.08. The van der Waals surface area contributed by atoms with E-state index in [0.29, 0.717) is 0 Å². The molecule has 3 atom stereocenters. The molecule has 16 heavy (non-hydrogen) atoms. The number of amides is 1. The highest BCUT2D eigenvalue weighted by Gasteiger charge is 2.39. The zero-order valence-electron chi connectivity index (χ0n) is 10.4. The van der Waals surface area contributed by atoms with Crippen molar-refractivity contribution in [1.29, 1.82) is 0 Å². The van der Waals surface area contributed by atoms with Crippen molar-refractivity contribution in [3.05, 3.63) is 0 Å². The number of hydrogen-bond donors (Lipinski definition) is 1. The molecule has 2 bridgehead atoms. The van der Waals surface area contributed by atoms with Crippen LogP contribution in [0.5, 0.6) is 0 Å². The summed E-state index contributed by atoms with van der Waals surface area (Å²) >= 11 is 0. The summed E-state index contributed by atoms with van der Waals surface area (Å²) < 4.78 is 5.71. The van der Waals surface area contributed by atoms with Crippen LogP contribution in [0.4, 0.5) is 0 Å². The molecule has 2 rings (SSSR count). The summed E-state index contributed by atoms with van der Waals surface area (Å²) in [4.78, 5) is 14.1. The van der Waals surface area contributed by atoms with Crippen molar-refractivity contribution in [3.63, 3.8) is 0 Å². The lowest BCUT2D eigenvalue weighted by Crippen LogP contribution is -2.55. The molecule has 2 fully saturated rings. The van der Waals surface area contributed by atoms with Crippen molar-refractivity contribution >= 4 is 5.91 Å². The standard InChI is InChI=1S/C12H22N2O2/c1-12(2,3)10(13)11(15)14-6-8-4-5-9(7-14)16-8/h8-10H,4-7,13H2,1-3H3/t8?,9?,10-/m0/s1. The molecule has 4 heteroatoms. The molecule has 92 valence electrons. The van der Waals surface area contributed by atoms with E-state index in [-0.39, 0.29) is 23.5 Å². The molecular formula is C12H22N2O2. The molecule has 0 aromatic carbocycles. The molecule has 2 aliphatic heterocycles. The molecule has 2 aliphatic rings. The van der Waals surface area contributed by atoms with E-state index < -0.39 is 6.04 Å². The second-order valence-corrected chi connectivity index (χ2v) is 6.04. The number of fused-ring (bicyclic) bond motifs is 2. The summed E-state index contributed by atoms with van der Waals surface area (Å²) in [5, 5.41) is 0. The quantitative estimate of drug-likeness (QED) is 0.718. The van der Waals surface area contributed by atoms with Gasteiger partial charge in [0.1, 0.15) is 0 Å². The number of rotatable bonds is 1. The van der Waals surface area contributed by atoms with E-state index in [1.807, 2.05) is 25.7 Å². The van der Waals surface area contributed by atoms with Crippen LogP contribution in [0, 0.1) is 5.41 Å². The molecular weight excluding hydrogens is 204 g/mol. The van der Waals surface area contributed by atoms with Gasteiger partial charge >= 0.3 is 0 Å². The summed E-state index contributed by atoms with van der Waals surface area (Å²) in [6, 6.07) is -0.412. The molecule has 0 aromatic rings. The molecule has 0 aromatic heterocycles. The fourth-order valence-electron chi connectivity index (χ4n) is 2.36. The molecule has 0 radical (unpaired) electrons. The number of likely N-dealkylation sites (tertiary alicyclic amines) is 1. The normalized spacial score (nSPS) is 31.6. The van der Waals surface area contributed by atoms with Gasteiger partial charge in [-0.15, -0.1) is 0 Å². The molecule has 2 N–H and O–H groups in total. The SMILES string of the molecule is CC(C)(C)[C@@H](N)C(=O)N1CC2CCC(C1)O2. The van der Waals surface area contributed by atoms with Crippen LogP contribution in [0.2, 0.25) is 0 Å². The first-order chi connectivity index (χ1) is 7.38. The van der Waals surface area contributed by atoms with Crippen molar-refractivity contribution in [2.24, 2.45) is 11.1 Å².